The van der Waals surface area contributed by atoms with Crippen molar-refractivity contribution in [3.8, 4) is 12.3 Å². The van der Waals surface area contributed by atoms with Crippen molar-refractivity contribution in [2.75, 3.05) is 145 Å². The Labute approximate surface area is 710 Å². The summed E-state index contributed by atoms with van der Waals surface area (Å²) in [6, 6.07) is 0. The number of esters is 3. The van der Waals surface area contributed by atoms with Gasteiger partial charge in [0.2, 0.25) is 17.6 Å². The monoisotopic (exact) mass is 1690 g/mol. The van der Waals surface area contributed by atoms with E-state index in [4.69, 9.17) is 82.2 Å². The maximum absolute atomic E-state index is 14.1. The number of rotatable bonds is 73. The molecule has 0 bridgehead atoms. The molecule has 0 radical (unpaired) electrons. The summed E-state index contributed by atoms with van der Waals surface area (Å²) in [6.45, 7) is 27.8. The van der Waals surface area contributed by atoms with E-state index in [-0.39, 0.29) is 242 Å². The highest BCUT2D eigenvalue weighted by Crippen LogP contribution is 2.39. The highest BCUT2D eigenvalue weighted by atomic mass is 16.7. The second-order valence-electron chi connectivity index (χ2n) is 33.1. The van der Waals surface area contributed by atoms with Crippen LogP contribution in [0.5, 0.6) is 0 Å². The van der Waals surface area contributed by atoms with Crippen molar-refractivity contribution >= 4 is 64.4 Å². The van der Waals surface area contributed by atoms with E-state index in [1.807, 2.05) is 0 Å². The van der Waals surface area contributed by atoms with Crippen LogP contribution < -0.4 is 10.6 Å². The molecule has 3 fully saturated rings. The van der Waals surface area contributed by atoms with Crippen molar-refractivity contribution in [2.24, 2.45) is 58.7 Å². The summed E-state index contributed by atoms with van der Waals surface area (Å²) >= 11 is 0. The number of nitrogens with one attached hydrogen (secondary N) is 2. The zero-order valence-electron chi connectivity index (χ0n) is 74.4. The molecular formula is C90H152N2O27. The standard InChI is InChI=1S/C90H152N2O27/c1-14-76(96)35-27-43-104-51-53-106-55-56-107-54-52-105-47-39-81(101)57-90(61-108-48-37-79(99)31-19-15-17-29-77(97)33-21-24-44-111-87-70(8)64(2)67(5)82(117-87)58-114-73(11)93,62-109-49-38-80(100)32-20-16-18-30-78(98)34-22-25-45-112-88-71(9)65(3)68(6)83(118-88)59-115-74(12)94)63-110-50-40-86(103)92-42-28-41-91-85(102)36-23-26-46-113-89-72(10)66(4)69(7)84(119-89)60-116-75(13)95/h1,64-72,82-84,87-89H,15-63H2,2-13H3,(H,91,102)(H,92,103). The van der Waals surface area contributed by atoms with Crippen molar-refractivity contribution in [3.63, 3.8) is 0 Å². The summed E-state index contributed by atoms with van der Waals surface area (Å²) in [5, 5.41) is 5.80. The van der Waals surface area contributed by atoms with E-state index < -0.39 is 24.3 Å². The lowest BCUT2D eigenvalue weighted by molar-refractivity contribution is -0.255. The molecule has 119 heavy (non-hydrogen) atoms. The van der Waals surface area contributed by atoms with E-state index in [1.165, 1.54) is 20.8 Å². The minimum absolute atomic E-state index is 0.0159. The second-order valence-corrected chi connectivity index (χ2v) is 33.1. The third-order valence-corrected chi connectivity index (χ3v) is 23.3. The number of hydrogen-bond donors (Lipinski definition) is 2. The van der Waals surface area contributed by atoms with Crippen molar-refractivity contribution in [3.05, 3.63) is 0 Å². The average molecular weight is 1690 g/mol. The van der Waals surface area contributed by atoms with Gasteiger partial charge in [0.05, 0.1) is 104 Å². The molecule has 2 N–H and O–H groups in total. The van der Waals surface area contributed by atoms with E-state index in [0.717, 1.165) is 0 Å². The van der Waals surface area contributed by atoms with Crippen LogP contribution in [0.4, 0.5) is 0 Å². The average Bonchev–Trinajstić information content (AvgIpc) is 0.829. The predicted molar refractivity (Wildman–Crippen MR) is 444 cm³/mol. The number of ether oxygens (including phenoxy) is 16. The zero-order chi connectivity index (χ0) is 87.6. The summed E-state index contributed by atoms with van der Waals surface area (Å²) < 4.78 is 93.9. The van der Waals surface area contributed by atoms with Gasteiger partial charge in [-0.15, -0.1) is 6.42 Å². The number of amides is 2. The van der Waals surface area contributed by atoms with Crippen molar-refractivity contribution in [2.45, 2.75) is 294 Å². The molecule has 2 amide bonds. The van der Waals surface area contributed by atoms with E-state index in [0.29, 0.717) is 213 Å². The Balaban J connectivity index is 1.56. The first-order valence-electron chi connectivity index (χ1n) is 44.4. The fraction of sp³-hybridized carbons (Fsp3) is 0.856. The summed E-state index contributed by atoms with van der Waals surface area (Å²) in [6.07, 6.45) is 15.0. The Morgan fingerprint density at radius 2 is 0.605 bits per heavy atom. The normalized spacial score (nSPS) is 23.5. The van der Waals surface area contributed by atoms with Gasteiger partial charge in [0.25, 0.3) is 0 Å². The molecule has 0 saturated carbocycles. The number of terminal acetylenes is 1. The Bertz CT molecular complexity index is 2680. The fourth-order valence-electron chi connectivity index (χ4n) is 14.4. The molecule has 0 aromatic carbocycles. The third-order valence-electron chi connectivity index (χ3n) is 23.3. The Morgan fingerprint density at radius 3 is 0.966 bits per heavy atom. The lowest BCUT2D eigenvalue weighted by atomic mass is 9.79. The van der Waals surface area contributed by atoms with Crippen molar-refractivity contribution < 1.29 is 129 Å². The smallest absolute Gasteiger partial charge is 0.302 e. The zero-order valence-corrected chi connectivity index (χ0v) is 74.4. The van der Waals surface area contributed by atoms with Crippen molar-refractivity contribution in [1.82, 2.24) is 10.6 Å². The first-order valence-corrected chi connectivity index (χ1v) is 44.4. The van der Waals surface area contributed by atoms with Crippen LogP contribution in [0.1, 0.15) is 256 Å². The molecule has 15 atom stereocenters. The Hall–Kier alpha value is -5.59. The molecule has 3 rings (SSSR count). The Morgan fingerprint density at radius 1 is 0.303 bits per heavy atom. The molecule has 3 aliphatic heterocycles. The van der Waals surface area contributed by atoms with Crippen LogP contribution in [0.2, 0.25) is 0 Å². The number of Topliss-reactive ketones (excluding diaryl/α,β-unsaturated/α-hetero) is 6. The lowest BCUT2D eigenvalue weighted by Crippen LogP contribution is -2.47. The van der Waals surface area contributed by atoms with Crippen molar-refractivity contribution in [1.29, 1.82) is 0 Å². The van der Waals surface area contributed by atoms with Gasteiger partial charge >= 0.3 is 17.9 Å². The minimum Gasteiger partial charge on any atom is -0.463 e. The molecule has 29 nitrogen and oxygen atoms in total. The van der Waals surface area contributed by atoms with E-state index in [1.54, 1.807) is 0 Å². The molecule has 0 spiro atoms. The van der Waals surface area contributed by atoms with Crippen LogP contribution >= 0.6 is 0 Å². The summed E-state index contributed by atoms with van der Waals surface area (Å²) in [7, 11) is 0. The van der Waals surface area contributed by atoms with Crippen LogP contribution in [0, 0.1) is 71.0 Å². The summed E-state index contributed by atoms with van der Waals surface area (Å²) in [4.78, 5) is 138. The highest BCUT2D eigenvalue weighted by molar-refractivity contribution is 5.94. The molecular weight excluding hydrogens is 1540 g/mol. The van der Waals surface area contributed by atoms with Crippen LogP contribution in [0.15, 0.2) is 0 Å². The number of carbonyl (C=O) groups is 11. The SMILES string of the molecule is C#CC(=O)CCCOCCOCCOCCOCCC(=O)CC(COCCC(=O)CCCCCC(=O)CCCCOC1OC(COC(C)=O)C(C)C(C)C1C)(COCCC(=O)CCCCCC(=O)CCCCOC1OC(COC(C)=O)C(C)C(C)C1C)COCCC(=O)NCCCNC(=O)CCCCOC1OC(COC(C)=O)C(C)C(C)C1C. The lowest BCUT2D eigenvalue weighted by Gasteiger charge is -2.43. The van der Waals surface area contributed by atoms with Gasteiger partial charge in [-0.3, -0.25) is 52.7 Å². The summed E-state index contributed by atoms with van der Waals surface area (Å²) in [5.74, 6) is 2.36. The van der Waals surface area contributed by atoms with Gasteiger partial charge in [-0.2, -0.15) is 0 Å². The molecule has 29 heteroatoms. The second kappa shape index (κ2) is 65.1. The molecule has 684 valence electrons. The largest absolute Gasteiger partial charge is 0.463 e. The number of ketones is 6. The van der Waals surface area contributed by atoms with Gasteiger partial charge in [-0.25, -0.2) is 0 Å². The van der Waals surface area contributed by atoms with E-state index in [2.05, 4.69) is 78.9 Å². The topological polar surface area (TPSA) is 360 Å². The van der Waals surface area contributed by atoms with Crippen LogP contribution in [0.3, 0.4) is 0 Å². The maximum atomic E-state index is 14.1. The van der Waals surface area contributed by atoms with Gasteiger partial charge in [0, 0.05) is 167 Å². The number of unbranched alkanes of at least 4 members (excludes halogenated alkanes) is 7. The minimum atomic E-state index is -1.12. The van der Waals surface area contributed by atoms with Crippen LogP contribution in [-0.4, -0.2) is 247 Å². The molecule has 0 aliphatic carbocycles. The first-order chi connectivity index (χ1) is 57.1. The van der Waals surface area contributed by atoms with Crippen LogP contribution in [-0.2, 0) is 129 Å². The molecule has 0 aromatic heterocycles. The predicted octanol–water partition coefficient (Wildman–Crippen LogP) is 11.5. The fourth-order valence-corrected chi connectivity index (χ4v) is 14.4. The quantitative estimate of drug-likeness (QED) is 0.0188. The molecule has 3 aliphatic rings. The maximum Gasteiger partial charge on any atom is 0.302 e. The number of hydrogen-bond acceptors (Lipinski definition) is 27. The van der Waals surface area contributed by atoms with Crippen LogP contribution in [0.25, 0.3) is 0 Å². The Kier molecular flexibility index (Phi) is 58.8. The molecule has 0 aromatic rings. The number of carbonyl (C=O) groups excluding carboxylic acids is 11. The van der Waals surface area contributed by atoms with E-state index in [9.17, 15) is 52.7 Å². The van der Waals surface area contributed by atoms with Gasteiger partial charge in [-0.05, 0) is 118 Å². The third kappa shape index (κ3) is 49.5. The molecule has 3 saturated heterocycles. The van der Waals surface area contributed by atoms with Gasteiger partial charge in [0.1, 0.15) is 48.7 Å². The summed E-state index contributed by atoms with van der Waals surface area (Å²) in [5.41, 5.74) is -1.12. The van der Waals surface area contributed by atoms with E-state index >= 15 is 0 Å². The van der Waals surface area contributed by atoms with Gasteiger partial charge < -0.3 is 86.4 Å². The highest BCUT2D eigenvalue weighted by Gasteiger charge is 2.43. The van der Waals surface area contributed by atoms with Gasteiger partial charge in [0.15, 0.2) is 18.9 Å². The van der Waals surface area contributed by atoms with Gasteiger partial charge in [-0.1, -0.05) is 75.2 Å². The first kappa shape index (κ1) is 108. The molecule has 3 heterocycles. The molecule has 15 unspecified atom stereocenters.